The largest absolute Gasteiger partial charge is 0.415 e. The summed E-state index contributed by atoms with van der Waals surface area (Å²) < 4.78 is 52.3. The molecule has 0 aliphatic heterocycles. The normalized spacial score (nSPS) is 18.2. The number of amides is 1. The summed E-state index contributed by atoms with van der Waals surface area (Å²) in [5, 5.41) is 0. The molecule has 116 valence electrons. The Morgan fingerprint density at radius 3 is 2.38 bits per heavy atom. The van der Waals surface area contributed by atoms with Gasteiger partial charge in [0, 0.05) is 18.2 Å². The van der Waals surface area contributed by atoms with Crippen LogP contribution in [0.2, 0.25) is 0 Å². The third-order valence-corrected chi connectivity index (χ3v) is 3.58. The molecule has 1 aliphatic carbocycles. The number of nitrogens with two attached hydrogens (primary N) is 1. The lowest BCUT2D eigenvalue weighted by atomic mass is 10.0. The van der Waals surface area contributed by atoms with E-state index >= 15 is 0 Å². The zero-order valence-corrected chi connectivity index (χ0v) is 11.5. The molecule has 1 aromatic rings. The molecule has 3 nitrogen and oxygen atoms in total. The van der Waals surface area contributed by atoms with Crippen LogP contribution < -0.4 is 5.73 Å². The first-order valence-corrected chi connectivity index (χ1v) is 6.54. The number of halogens is 4. The zero-order valence-electron chi connectivity index (χ0n) is 11.5. The molecule has 1 aliphatic rings. The predicted molar refractivity (Wildman–Crippen MR) is 68.6 cm³/mol. The molecule has 2 rings (SSSR count). The van der Waals surface area contributed by atoms with Gasteiger partial charge in [0.2, 0.25) is 0 Å². The molecule has 21 heavy (non-hydrogen) atoms. The molecule has 0 spiro atoms. The van der Waals surface area contributed by atoms with Gasteiger partial charge in [-0.25, -0.2) is 4.39 Å². The monoisotopic (exact) mass is 304 g/mol. The summed E-state index contributed by atoms with van der Waals surface area (Å²) in [5.74, 6) is -1.78. The fourth-order valence-electron chi connectivity index (χ4n) is 1.98. The van der Waals surface area contributed by atoms with E-state index in [0.29, 0.717) is 19.8 Å². The van der Waals surface area contributed by atoms with E-state index in [4.69, 9.17) is 5.73 Å². The number of alkyl halides is 3. The lowest BCUT2D eigenvalue weighted by molar-refractivity contribution is -0.194. The lowest BCUT2D eigenvalue weighted by Gasteiger charge is -2.33. The summed E-state index contributed by atoms with van der Waals surface area (Å²) in [5.41, 5.74) is 2.39. The number of rotatable bonds is 4. The minimum atomic E-state index is -4.85. The highest BCUT2D eigenvalue weighted by atomic mass is 19.4. The molecule has 1 aromatic carbocycles. The van der Waals surface area contributed by atoms with Crippen LogP contribution in [0, 0.1) is 5.82 Å². The topological polar surface area (TPSA) is 46.3 Å². The van der Waals surface area contributed by atoms with E-state index in [1.165, 1.54) is 18.2 Å². The fourth-order valence-corrected chi connectivity index (χ4v) is 1.98. The van der Waals surface area contributed by atoms with Gasteiger partial charge in [-0.15, -0.1) is 0 Å². The number of carbonyl (C=O) groups is 1. The highest BCUT2D eigenvalue weighted by Gasteiger charge is 2.56. The van der Waals surface area contributed by atoms with Crippen molar-refractivity contribution in [2.24, 2.45) is 5.73 Å². The van der Waals surface area contributed by atoms with Crippen LogP contribution in [0.25, 0.3) is 0 Å². The van der Waals surface area contributed by atoms with E-state index in [2.05, 4.69) is 0 Å². The van der Waals surface area contributed by atoms with Crippen molar-refractivity contribution < 1.29 is 22.4 Å². The SMILES string of the molecule is CC(N)(C(=O)N(Cc1ccccc1F)C1CC1)C(F)(F)F. The van der Waals surface area contributed by atoms with Crippen molar-refractivity contribution in [1.29, 1.82) is 0 Å². The van der Waals surface area contributed by atoms with Crippen molar-refractivity contribution in [3.05, 3.63) is 35.6 Å². The third kappa shape index (κ3) is 3.18. The lowest BCUT2D eigenvalue weighted by Crippen LogP contribution is -2.62. The van der Waals surface area contributed by atoms with Crippen molar-refractivity contribution in [1.82, 2.24) is 4.90 Å². The molecule has 1 atom stereocenters. The average Bonchev–Trinajstić information content (AvgIpc) is 3.20. The third-order valence-electron chi connectivity index (χ3n) is 3.58. The molecule has 0 radical (unpaired) electrons. The van der Waals surface area contributed by atoms with E-state index in [1.54, 1.807) is 6.07 Å². The van der Waals surface area contributed by atoms with Gasteiger partial charge in [-0.2, -0.15) is 13.2 Å². The van der Waals surface area contributed by atoms with Crippen molar-refractivity contribution in [2.75, 3.05) is 0 Å². The first-order chi connectivity index (χ1) is 9.64. The first-order valence-electron chi connectivity index (χ1n) is 6.54. The molecule has 0 saturated heterocycles. The van der Waals surface area contributed by atoms with Gasteiger partial charge in [-0.1, -0.05) is 18.2 Å². The number of carbonyl (C=O) groups excluding carboxylic acids is 1. The van der Waals surface area contributed by atoms with Crippen molar-refractivity contribution in [2.45, 2.75) is 44.1 Å². The maximum atomic E-state index is 13.6. The fraction of sp³-hybridized carbons (Fsp3) is 0.500. The van der Waals surface area contributed by atoms with Crippen LogP contribution in [0.3, 0.4) is 0 Å². The van der Waals surface area contributed by atoms with E-state index < -0.39 is 23.4 Å². The summed E-state index contributed by atoms with van der Waals surface area (Å²) in [6, 6.07) is 5.39. The van der Waals surface area contributed by atoms with Crippen LogP contribution in [-0.4, -0.2) is 28.6 Å². The van der Waals surface area contributed by atoms with Crippen LogP contribution >= 0.6 is 0 Å². The Morgan fingerprint density at radius 2 is 1.90 bits per heavy atom. The second-order valence-corrected chi connectivity index (χ2v) is 5.46. The van der Waals surface area contributed by atoms with Crippen LogP contribution in [0.5, 0.6) is 0 Å². The highest BCUT2D eigenvalue weighted by Crippen LogP contribution is 2.35. The number of hydrogen-bond acceptors (Lipinski definition) is 2. The minimum Gasteiger partial charge on any atom is -0.333 e. The highest BCUT2D eigenvalue weighted by molar-refractivity contribution is 5.87. The quantitative estimate of drug-likeness (QED) is 0.869. The maximum absolute atomic E-state index is 13.6. The van der Waals surface area contributed by atoms with Gasteiger partial charge in [0.15, 0.2) is 5.54 Å². The Balaban J connectivity index is 2.24. The van der Waals surface area contributed by atoms with Gasteiger partial charge < -0.3 is 10.6 Å². The van der Waals surface area contributed by atoms with E-state index in [-0.39, 0.29) is 18.2 Å². The molecule has 1 unspecified atom stereocenters. The van der Waals surface area contributed by atoms with Crippen LogP contribution in [0.4, 0.5) is 17.6 Å². The Labute approximate surface area is 119 Å². The first kappa shape index (κ1) is 15.8. The zero-order chi connectivity index (χ0) is 15.8. The van der Waals surface area contributed by atoms with Gasteiger partial charge in [-0.05, 0) is 25.8 Å². The standard InChI is InChI=1S/C14H16F4N2O/c1-13(19,14(16,17)18)12(21)20(10-6-7-10)8-9-4-2-3-5-11(9)15/h2-5,10H,6-8,19H2,1H3. The number of benzene rings is 1. The number of hydrogen-bond donors (Lipinski definition) is 1. The van der Waals surface area contributed by atoms with Crippen LogP contribution in [0.1, 0.15) is 25.3 Å². The van der Waals surface area contributed by atoms with Gasteiger partial charge >= 0.3 is 6.18 Å². The molecule has 0 aromatic heterocycles. The predicted octanol–water partition coefficient (Wildman–Crippen LogP) is 2.60. The molecule has 0 bridgehead atoms. The second-order valence-electron chi connectivity index (χ2n) is 5.46. The maximum Gasteiger partial charge on any atom is 0.415 e. The van der Waals surface area contributed by atoms with Crippen molar-refractivity contribution in [3.8, 4) is 0 Å². The molecule has 1 saturated carbocycles. The van der Waals surface area contributed by atoms with Crippen molar-refractivity contribution >= 4 is 5.91 Å². The van der Waals surface area contributed by atoms with E-state index in [9.17, 15) is 22.4 Å². The Bertz CT molecular complexity index is 538. The van der Waals surface area contributed by atoms with Gasteiger partial charge in [0.1, 0.15) is 5.82 Å². The number of nitrogens with zero attached hydrogens (tertiary/aromatic N) is 1. The average molecular weight is 304 g/mol. The summed E-state index contributed by atoms with van der Waals surface area (Å²) in [7, 11) is 0. The Hall–Kier alpha value is -1.63. The van der Waals surface area contributed by atoms with Gasteiger partial charge in [0.25, 0.3) is 5.91 Å². The van der Waals surface area contributed by atoms with Crippen LogP contribution in [0.15, 0.2) is 24.3 Å². The molecular formula is C14H16F4N2O. The summed E-state index contributed by atoms with van der Waals surface area (Å²) in [6.45, 7) is 0.436. The van der Waals surface area contributed by atoms with Gasteiger partial charge in [-0.3, -0.25) is 4.79 Å². The molecular weight excluding hydrogens is 288 g/mol. The summed E-state index contributed by atoms with van der Waals surface area (Å²) >= 11 is 0. The Kier molecular flexibility index (Phi) is 3.97. The Morgan fingerprint density at radius 1 is 1.33 bits per heavy atom. The molecule has 7 heteroatoms. The summed E-state index contributed by atoms with van der Waals surface area (Å²) in [4.78, 5) is 13.2. The molecule has 0 heterocycles. The van der Waals surface area contributed by atoms with E-state index in [1.807, 2.05) is 0 Å². The second kappa shape index (κ2) is 5.29. The molecule has 1 fully saturated rings. The van der Waals surface area contributed by atoms with Crippen LogP contribution in [-0.2, 0) is 11.3 Å². The summed E-state index contributed by atoms with van der Waals surface area (Å²) in [6.07, 6.45) is -3.64. The van der Waals surface area contributed by atoms with E-state index in [0.717, 1.165) is 4.90 Å². The van der Waals surface area contributed by atoms with Crippen molar-refractivity contribution in [3.63, 3.8) is 0 Å². The minimum absolute atomic E-state index is 0.177. The smallest absolute Gasteiger partial charge is 0.333 e. The van der Waals surface area contributed by atoms with Gasteiger partial charge in [0.05, 0.1) is 0 Å². The molecule has 2 N–H and O–H groups in total. The molecule has 1 amide bonds.